The molecule has 2 rings (SSSR count). The van der Waals surface area contributed by atoms with Crippen LogP contribution in [0.3, 0.4) is 0 Å². The highest BCUT2D eigenvalue weighted by Crippen LogP contribution is 2.36. The van der Waals surface area contributed by atoms with E-state index in [0.717, 1.165) is 12.1 Å². The number of nitrogens with two attached hydrogens (primary N) is 1. The second-order valence-corrected chi connectivity index (χ2v) is 6.96. The van der Waals surface area contributed by atoms with E-state index >= 15 is 0 Å². The van der Waals surface area contributed by atoms with E-state index < -0.39 is 20.9 Å². The minimum Gasteiger partial charge on any atom is -0.497 e. The van der Waals surface area contributed by atoms with Gasteiger partial charge in [-0.3, -0.25) is 0 Å². The Morgan fingerprint density at radius 3 is 2.26 bits per heavy atom. The zero-order valence-electron chi connectivity index (χ0n) is 12.8. The Kier molecular flexibility index (Phi) is 5.23. The van der Waals surface area contributed by atoms with Crippen LogP contribution in [0, 0.1) is 5.82 Å². The molecule has 0 saturated carbocycles. The molecular formula is C16H18FNO4S. The molecule has 7 heteroatoms. The first-order valence-corrected chi connectivity index (χ1v) is 8.40. The highest BCUT2D eigenvalue weighted by Gasteiger charge is 2.30. The largest absolute Gasteiger partial charge is 0.497 e. The monoisotopic (exact) mass is 339 g/mol. The van der Waals surface area contributed by atoms with E-state index in [1.54, 1.807) is 18.2 Å². The molecule has 0 radical (unpaired) electrons. The lowest BCUT2D eigenvalue weighted by Crippen LogP contribution is -2.23. The molecule has 0 aliphatic carbocycles. The molecule has 0 fully saturated rings. The van der Waals surface area contributed by atoms with E-state index in [1.807, 2.05) is 0 Å². The maximum absolute atomic E-state index is 13.0. The summed E-state index contributed by atoms with van der Waals surface area (Å²) < 4.78 is 49.0. The van der Waals surface area contributed by atoms with E-state index in [4.69, 9.17) is 15.2 Å². The number of halogens is 1. The van der Waals surface area contributed by atoms with Gasteiger partial charge in [-0.05, 0) is 30.3 Å². The minimum absolute atomic E-state index is 0.00669. The summed E-state index contributed by atoms with van der Waals surface area (Å²) in [5, 5.41) is -1.01. The third kappa shape index (κ3) is 3.46. The third-order valence-corrected chi connectivity index (χ3v) is 5.64. The van der Waals surface area contributed by atoms with Crippen molar-refractivity contribution in [2.45, 2.75) is 10.1 Å². The number of rotatable bonds is 6. The molecule has 0 aromatic heterocycles. The molecule has 1 atom stereocenters. The molecule has 2 N–H and O–H groups in total. The first-order valence-electron chi connectivity index (χ1n) is 6.85. The summed E-state index contributed by atoms with van der Waals surface area (Å²) >= 11 is 0. The van der Waals surface area contributed by atoms with Crippen LogP contribution in [0.25, 0.3) is 0 Å². The topological polar surface area (TPSA) is 78.6 Å². The van der Waals surface area contributed by atoms with Gasteiger partial charge in [-0.1, -0.05) is 6.07 Å². The molecule has 0 unspecified atom stereocenters. The van der Waals surface area contributed by atoms with Crippen molar-refractivity contribution in [2.75, 3.05) is 20.8 Å². The van der Waals surface area contributed by atoms with Gasteiger partial charge in [0.1, 0.15) is 22.6 Å². The second kappa shape index (κ2) is 6.97. The Morgan fingerprint density at radius 2 is 1.74 bits per heavy atom. The molecule has 0 bridgehead atoms. The summed E-state index contributed by atoms with van der Waals surface area (Å²) in [4.78, 5) is 0.00669. The van der Waals surface area contributed by atoms with E-state index in [2.05, 4.69) is 0 Å². The van der Waals surface area contributed by atoms with Crippen molar-refractivity contribution in [3.8, 4) is 11.5 Å². The van der Waals surface area contributed by atoms with Gasteiger partial charge in [-0.15, -0.1) is 0 Å². The molecule has 0 saturated heterocycles. The van der Waals surface area contributed by atoms with Crippen molar-refractivity contribution in [1.29, 1.82) is 0 Å². The smallest absolute Gasteiger partial charge is 0.186 e. The molecule has 0 aliphatic rings. The van der Waals surface area contributed by atoms with Crippen molar-refractivity contribution in [1.82, 2.24) is 0 Å². The van der Waals surface area contributed by atoms with Crippen molar-refractivity contribution in [3.05, 3.63) is 53.8 Å². The van der Waals surface area contributed by atoms with Crippen LogP contribution in [0.15, 0.2) is 47.4 Å². The summed E-state index contributed by atoms with van der Waals surface area (Å²) in [7, 11) is -0.841. The lowest BCUT2D eigenvalue weighted by molar-refractivity contribution is 0.390. The molecule has 0 spiro atoms. The summed E-state index contributed by atoms with van der Waals surface area (Å²) in [5.41, 5.74) is 6.14. The van der Waals surface area contributed by atoms with Gasteiger partial charge in [0.15, 0.2) is 9.84 Å². The average molecular weight is 339 g/mol. The molecule has 0 aliphatic heterocycles. The quantitative estimate of drug-likeness (QED) is 0.817. The summed E-state index contributed by atoms with van der Waals surface area (Å²) in [6.45, 7) is -0.137. The van der Waals surface area contributed by atoms with Crippen LogP contribution in [0.2, 0.25) is 0 Å². The first kappa shape index (κ1) is 17.2. The van der Waals surface area contributed by atoms with E-state index in [0.29, 0.717) is 17.1 Å². The fourth-order valence-corrected chi connectivity index (χ4v) is 3.92. The first-order chi connectivity index (χ1) is 10.9. The van der Waals surface area contributed by atoms with E-state index in [-0.39, 0.29) is 11.4 Å². The number of sulfone groups is 1. The lowest BCUT2D eigenvalue weighted by atomic mass is 10.1. The SMILES string of the molecule is COc1ccc([C@H](CN)S(=O)(=O)c2ccc(F)cc2)c(OC)c1. The number of methoxy groups -OCH3 is 2. The third-order valence-electron chi connectivity index (χ3n) is 3.52. The summed E-state index contributed by atoms with van der Waals surface area (Å²) in [6.07, 6.45) is 0. The Labute approximate surface area is 134 Å². The fraction of sp³-hybridized carbons (Fsp3) is 0.250. The molecule has 2 aromatic rings. The number of hydrogen-bond donors (Lipinski definition) is 1. The van der Waals surface area contributed by atoms with Gasteiger partial charge in [0.25, 0.3) is 0 Å². The number of hydrogen-bond acceptors (Lipinski definition) is 5. The van der Waals surface area contributed by atoms with Crippen LogP contribution in [0.5, 0.6) is 11.5 Å². The van der Waals surface area contributed by atoms with Gasteiger partial charge in [0.05, 0.1) is 19.1 Å². The van der Waals surface area contributed by atoms with Crippen LogP contribution in [-0.2, 0) is 9.84 Å². The Bertz CT molecular complexity index is 775. The standard InChI is InChI=1S/C16H18FNO4S/c1-21-12-5-8-14(15(9-12)22-2)16(10-18)23(19,20)13-6-3-11(17)4-7-13/h3-9,16H,10,18H2,1-2H3/t16-/m0/s1. The lowest BCUT2D eigenvalue weighted by Gasteiger charge is -2.19. The van der Waals surface area contributed by atoms with Gasteiger partial charge in [0, 0.05) is 18.2 Å². The highest BCUT2D eigenvalue weighted by atomic mass is 32.2. The van der Waals surface area contributed by atoms with Gasteiger partial charge < -0.3 is 15.2 Å². The molecule has 0 heterocycles. The van der Waals surface area contributed by atoms with Crippen LogP contribution in [0.4, 0.5) is 4.39 Å². The summed E-state index contributed by atoms with van der Waals surface area (Å²) in [5.74, 6) is 0.404. The Balaban J connectivity index is 2.52. The zero-order valence-corrected chi connectivity index (χ0v) is 13.6. The normalized spacial score (nSPS) is 12.7. The van der Waals surface area contributed by atoms with Crippen molar-refractivity contribution in [3.63, 3.8) is 0 Å². The van der Waals surface area contributed by atoms with Crippen LogP contribution >= 0.6 is 0 Å². The van der Waals surface area contributed by atoms with Crippen molar-refractivity contribution >= 4 is 9.84 Å². The average Bonchev–Trinajstić information content (AvgIpc) is 2.56. The maximum atomic E-state index is 13.0. The predicted molar refractivity (Wildman–Crippen MR) is 84.9 cm³/mol. The number of benzene rings is 2. The Hall–Kier alpha value is -2.12. The second-order valence-electron chi connectivity index (χ2n) is 4.83. The van der Waals surface area contributed by atoms with Gasteiger partial charge in [-0.25, -0.2) is 12.8 Å². The number of ether oxygens (including phenoxy) is 2. The highest BCUT2D eigenvalue weighted by molar-refractivity contribution is 7.91. The van der Waals surface area contributed by atoms with E-state index in [9.17, 15) is 12.8 Å². The predicted octanol–water partition coefficient (Wildman–Crippen LogP) is 2.32. The van der Waals surface area contributed by atoms with Gasteiger partial charge in [-0.2, -0.15) is 0 Å². The van der Waals surface area contributed by atoms with Crippen LogP contribution in [-0.4, -0.2) is 29.2 Å². The zero-order chi connectivity index (χ0) is 17.0. The van der Waals surface area contributed by atoms with Crippen molar-refractivity contribution < 1.29 is 22.3 Å². The van der Waals surface area contributed by atoms with Gasteiger partial charge >= 0.3 is 0 Å². The van der Waals surface area contributed by atoms with E-state index in [1.165, 1.54) is 26.4 Å². The molecule has 124 valence electrons. The molecule has 5 nitrogen and oxygen atoms in total. The van der Waals surface area contributed by atoms with Crippen molar-refractivity contribution in [2.24, 2.45) is 5.73 Å². The van der Waals surface area contributed by atoms with Gasteiger partial charge in [0.2, 0.25) is 0 Å². The van der Waals surface area contributed by atoms with Crippen LogP contribution in [0.1, 0.15) is 10.8 Å². The molecular weight excluding hydrogens is 321 g/mol. The minimum atomic E-state index is -3.79. The molecule has 23 heavy (non-hydrogen) atoms. The maximum Gasteiger partial charge on any atom is 0.186 e. The molecule has 2 aromatic carbocycles. The Morgan fingerprint density at radius 1 is 1.09 bits per heavy atom. The summed E-state index contributed by atoms with van der Waals surface area (Å²) in [6, 6.07) is 9.50. The molecule has 0 amide bonds. The fourth-order valence-electron chi connectivity index (χ4n) is 2.29. The van der Waals surface area contributed by atoms with Crippen LogP contribution < -0.4 is 15.2 Å².